The van der Waals surface area contributed by atoms with Crippen molar-refractivity contribution in [1.82, 2.24) is 19.7 Å². The van der Waals surface area contributed by atoms with Gasteiger partial charge in [0.2, 0.25) is 5.91 Å². The molecule has 0 radical (unpaired) electrons. The number of carbonyl (C=O) groups is 1. The van der Waals surface area contributed by atoms with Gasteiger partial charge in [0.05, 0.1) is 17.8 Å². The number of fused-ring (bicyclic) bond motifs is 3. The van der Waals surface area contributed by atoms with E-state index in [-0.39, 0.29) is 18.5 Å². The zero-order valence-electron chi connectivity index (χ0n) is 18.4. The van der Waals surface area contributed by atoms with Crippen molar-refractivity contribution in [3.05, 3.63) is 70.5 Å². The van der Waals surface area contributed by atoms with Gasteiger partial charge in [-0.1, -0.05) is 11.6 Å². The molecule has 0 fully saturated rings. The van der Waals surface area contributed by atoms with Gasteiger partial charge in [0.15, 0.2) is 0 Å². The normalized spacial score (nSPS) is 12.3. The fourth-order valence-corrected chi connectivity index (χ4v) is 3.97. The lowest BCUT2D eigenvalue weighted by molar-refractivity contribution is -0.134. The first-order chi connectivity index (χ1) is 15.5. The number of hydrogen-bond donors (Lipinski definition) is 0. The Morgan fingerprint density at radius 1 is 1.22 bits per heavy atom. The summed E-state index contributed by atoms with van der Waals surface area (Å²) in [7, 11) is 1.65. The van der Waals surface area contributed by atoms with Gasteiger partial charge < -0.3 is 14.1 Å². The molecule has 32 heavy (non-hydrogen) atoms. The van der Waals surface area contributed by atoms with Gasteiger partial charge in [0.1, 0.15) is 17.5 Å². The smallest absolute Gasteiger partial charge is 0.347 e. The summed E-state index contributed by atoms with van der Waals surface area (Å²) in [5.74, 6) is -0.0931. The zero-order chi connectivity index (χ0) is 22.7. The molecule has 0 aliphatic heterocycles. The topological polar surface area (TPSA) is 90.5 Å². The highest BCUT2D eigenvalue weighted by Crippen LogP contribution is 2.25. The Morgan fingerprint density at radius 2 is 2.00 bits per heavy atom. The molecule has 0 aliphatic rings. The third-order valence-electron chi connectivity index (χ3n) is 5.66. The lowest BCUT2D eigenvalue weighted by Crippen LogP contribution is -2.37. The summed E-state index contributed by atoms with van der Waals surface area (Å²) in [6.07, 6.45) is 5.62. The summed E-state index contributed by atoms with van der Waals surface area (Å²) in [4.78, 5) is 31.8. The van der Waals surface area contributed by atoms with Crippen LogP contribution in [0.2, 0.25) is 0 Å². The Balaban J connectivity index is 1.70. The average molecular weight is 434 g/mol. The first-order valence-electron chi connectivity index (χ1n) is 10.6. The lowest BCUT2D eigenvalue weighted by atomic mass is 10.1. The fourth-order valence-electron chi connectivity index (χ4n) is 3.97. The van der Waals surface area contributed by atoms with E-state index in [2.05, 4.69) is 10.1 Å². The molecule has 0 N–H and O–H groups in total. The number of pyridine rings is 1. The highest BCUT2D eigenvalue weighted by atomic mass is 16.5. The van der Waals surface area contributed by atoms with E-state index in [1.807, 2.05) is 43.0 Å². The standard InChI is InChI=1S/C24H26N4O4/c1-16-5-6-21-19(13-16)23-20(24(30)32-21)14-26-28(23)15-22(29)27(11-4-12-31-3)17(2)18-7-9-25-10-8-18/h5-10,13-14,17H,4,11-12,15H2,1-3H3/t17-/m0/s1. The third kappa shape index (κ3) is 4.27. The molecular formula is C24H26N4O4. The van der Waals surface area contributed by atoms with E-state index in [1.54, 1.807) is 30.3 Å². The van der Waals surface area contributed by atoms with Crippen LogP contribution in [0.25, 0.3) is 21.9 Å². The molecule has 1 amide bonds. The summed E-state index contributed by atoms with van der Waals surface area (Å²) in [6, 6.07) is 9.27. The number of aromatic nitrogens is 3. The molecule has 0 bridgehead atoms. The number of amides is 1. The van der Waals surface area contributed by atoms with Gasteiger partial charge in [0, 0.05) is 38.0 Å². The van der Waals surface area contributed by atoms with Crippen LogP contribution in [-0.2, 0) is 16.1 Å². The maximum atomic E-state index is 13.5. The van der Waals surface area contributed by atoms with Crippen molar-refractivity contribution in [3.63, 3.8) is 0 Å². The average Bonchev–Trinajstić information content (AvgIpc) is 3.22. The molecule has 4 aromatic rings. The van der Waals surface area contributed by atoms with Crippen LogP contribution in [0.1, 0.15) is 30.5 Å². The van der Waals surface area contributed by atoms with Gasteiger partial charge in [-0.3, -0.25) is 14.5 Å². The van der Waals surface area contributed by atoms with Crippen LogP contribution in [0, 0.1) is 6.92 Å². The minimum absolute atomic E-state index is 0.0123. The number of rotatable bonds is 8. The number of benzene rings is 1. The number of aryl methyl sites for hydroxylation is 1. The van der Waals surface area contributed by atoms with Crippen LogP contribution in [-0.4, -0.2) is 45.8 Å². The third-order valence-corrected chi connectivity index (χ3v) is 5.66. The first-order valence-corrected chi connectivity index (χ1v) is 10.6. The summed E-state index contributed by atoms with van der Waals surface area (Å²) >= 11 is 0. The molecule has 4 rings (SSSR count). The van der Waals surface area contributed by atoms with Gasteiger partial charge >= 0.3 is 5.63 Å². The minimum Gasteiger partial charge on any atom is -0.422 e. The largest absolute Gasteiger partial charge is 0.422 e. The predicted molar refractivity (Wildman–Crippen MR) is 121 cm³/mol. The van der Waals surface area contributed by atoms with E-state index in [9.17, 15) is 9.59 Å². The molecule has 3 aromatic heterocycles. The second-order valence-corrected chi connectivity index (χ2v) is 7.84. The van der Waals surface area contributed by atoms with Crippen LogP contribution < -0.4 is 5.63 Å². The zero-order valence-corrected chi connectivity index (χ0v) is 18.4. The van der Waals surface area contributed by atoms with E-state index in [4.69, 9.17) is 9.15 Å². The second-order valence-electron chi connectivity index (χ2n) is 7.84. The molecule has 0 saturated heterocycles. The molecule has 0 saturated carbocycles. The van der Waals surface area contributed by atoms with Gasteiger partial charge in [-0.25, -0.2) is 4.79 Å². The SMILES string of the molecule is COCCCN(C(=O)Cn1ncc2c(=O)oc3ccc(C)cc3c21)[C@@H](C)c1ccncc1. The van der Waals surface area contributed by atoms with E-state index < -0.39 is 5.63 Å². The number of carbonyl (C=O) groups excluding carboxylic acids is 1. The molecule has 1 atom stereocenters. The van der Waals surface area contributed by atoms with Crippen molar-refractivity contribution in [2.45, 2.75) is 32.9 Å². The Labute approximate surface area is 185 Å². The minimum atomic E-state index is -0.461. The highest BCUT2D eigenvalue weighted by molar-refractivity contribution is 6.02. The molecule has 166 valence electrons. The molecule has 0 spiro atoms. The van der Waals surface area contributed by atoms with Crippen LogP contribution in [0.3, 0.4) is 0 Å². The molecule has 8 nitrogen and oxygen atoms in total. The molecule has 8 heteroatoms. The van der Waals surface area contributed by atoms with E-state index in [1.165, 1.54) is 6.20 Å². The summed E-state index contributed by atoms with van der Waals surface area (Å²) in [5.41, 5.74) is 2.65. The summed E-state index contributed by atoms with van der Waals surface area (Å²) in [5, 5.41) is 5.49. The number of methoxy groups -OCH3 is 1. The van der Waals surface area contributed by atoms with Gasteiger partial charge in [-0.15, -0.1) is 0 Å². The van der Waals surface area contributed by atoms with E-state index in [0.29, 0.717) is 36.1 Å². The van der Waals surface area contributed by atoms with Gasteiger partial charge in [-0.05, 0) is 50.1 Å². The molecule has 3 heterocycles. The highest BCUT2D eigenvalue weighted by Gasteiger charge is 2.23. The van der Waals surface area contributed by atoms with Crippen molar-refractivity contribution >= 4 is 27.8 Å². The van der Waals surface area contributed by atoms with Crippen molar-refractivity contribution in [1.29, 1.82) is 0 Å². The van der Waals surface area contributed by atoms with Crippen molar-refractivity contribution < 1.29 is 13.9 Å². The van der Waals surface area contributed by atoms with Crippen molar-refractivity contribution in [2.24, 2.45) is 0 Å². The van der Waals surface area contributed by atoms with E-state index in [0.717, 1.165) is 16.5 Å². The van der Waals surface area contributed by atoms with Crippen molar-refractivity contribution in [3.8, 4) is 0 Å². The monoisotopic (exact) mass is 434 g/mol. The van der Waals surface area contributed by atoms with Crippen LogP contribution in [0.5, 0.6) is 0 Å². The molecule has 0 aliphatic carbocycles. The fraction of sp³-hybridized carbons (Fsp3) is 0.333. The van der Waals surface area contributed by atoms with Gasteiger partial charge in [0.25, 0.3) is 0 Å². The van der Waals surface area contributed by atoms with Crippen LogP contribution in [0.4, 0.5) is 0 Å². The Kier molecular flexibility index (Phi) is 6.32. The Hall–Kier alpha value is -3.52. The van der Waals surface area contributed by atoms with Crippen molar-refractivity contribution in [2.75, 3.05) is 20.3 Å². The Morgan fingerprint density at radius 3 is 2.75 bits per heavy atom. The molecular weight excluding hydrogens is 408 g/mol. The predicted octanol–water partition coefficient (Wildman–Crippen LogP) is 3.47. The molecule has 0 unspecified atom stereocenters. The molecule has 1 aromatic carbocycles. The number of hydrogen-bond acceptors (Lipinski definition) is 6. The number of nitrogens with zero attached hydrogens (tertiary/aromatic N) is 4. The van der Waals surface area contributed by atoms with Crippen LogP contribution >= 0.6 is 0 Å². The lowest BCUT2D eigenvalue weighted by Gasteiger charge is -2.30. The first kappa shape index (κ1) is 21.7. The van der Waals surface area contributed by atoms with Gasteiger partial charge in [-0.2, -0.15) is 5.10 Å². The quantitative estimate of drug-likeness (QED) is 0.312. The maximum Gasteiger partial charge on any atom is 0.347 e. The summed E-state index contributed by atoms with van der Waals surface area (Å²) < 4.78 is 12.2. The number of ether oxygens (including phenoxy) is 1. The second kappa shape index (κ2) is 9.32. The Bertz CT molecular complexity index is 1300. The maximum absolute atomic E-state index is 13.5. The van der Waals surface area contributed by atoms with Crippen LogP contribution in [0.15, 0.2) is 58.1 Å². The van der Waals surface area contributed by atoms with E-state index >= 15 is 0 Å². The summed E-state index contributed by atoms with van der Waals surface area (Å²) in [6.45, 7) is 5.07.